The van der Waals surface area contributed by atoms with Crippen molar-refractivity contribution in [3.63, 3.8) is 0 Å². The van der Waals surface area contributed by atoms with E-state index >= 15 is 0 Å². The Bertz CT molecular complexity index is 902. The summed E-state index contributed by atoms with van der Waals surface area (Å²) < 4.78 is 0. The molecule has 26 heavy (non-hydrogen) atoms. The third kappa shape index (κ3) is 4.44. The Hall–Kier alpha value is -3.22. The van der Waals surface area contributed by atoms with Gasteiger partial charge in [0.2, 0.25) is 0 Å². The number of anilines is 1. The lowest BCUT2D eigenvalue weighted by atomic mass is 10.2. The first-order valence-corrected chi connectivity index (χ1v) is 7.58. The van der Waals surface area contributed by atoms with E-state index in [1.165, 1.54) is 12.1 Å². The molecule has 0 bridgehead atoms. The molecule has 3 aromatic carbocycles. The minimum Gasteiger partial charge on any atom is -0.282 e. The number of nitrogens with zero attached hydrogens (tertiary/aromatic N) is 3. The maximum absolute atomic E-state index is 11.0. The lowest BCUT2D eigenvalue weighted by Gasteiger charge is -2.19. The van der Waals surface area contributed by atoms with Gasteiger partial charge in [-0.05, 0) is 18.2 Å². The summed E-state index contributed by atoms with van der Waals surface area (Å²) in [7, 11) is 0. The van der Waals surface area contributed by atoms with Gasteiger partial charge in [-0.2, -0.15) is 0 Å². The number of aliphatic imine (C=N–C) groups is 1. The Kier molecular flexibility index (Phi) is 6.43. The van der Waals surface area contributed by atoms with Gasteiger partial charge in [-0.1, -0.05) is 54.6 Å². The van der Waals surface area contributed by atoms with Gasteiger partial charge in [0.15, 0.2) is 5.84 Å². The first-order chi connectivity index (χ1) is 12.1. The zero-order chi connectivity index (χ0) is 17.6. The molecule has 0 saturated heterocycles. The van der Waals surface area contributed by atoms with Crippen LogP contribution in [0.2, 0.25) is 0 Å². The Balaban J connectivity index is 0.00000243. The van der Waals surface area contributed by atoms with Gasteiger partial charge < -0.3 is 0 Å². The number of nitro benzene ring substituents is 1. The van der Waals surface area contributed by atoms with Crippen molar-refractivity contribution in [3.8, 4) is 0 Å². The second-order valence-electron chi connectivity index (χ2n) is 5.23. The van der Waals surface area contributed by atoms with Crippen molar-refractivity contribution in [2.75, 3.05) is 5.06 Å². The number of hydrogen-bond acceptors (Lipinski definition) is 4. The van der Waals surface area contributed by atoms with Crippen LogP contribution in [0.4, 0.5) is 17.1 Å². The summed E-state index contributed by atoms with van der Waals surface area (Å²) in [6, 6.07) is 24.0. The van der Waals surface area contributed by atoms with Gasteiger partial charge in [0.1, 0.15) is 0 Å². The van der Waals surface area contributed by atoms with E-state index in [0.29, 0.717) is 16.9 Å². The quantitative estimate of drug-likeness (QED) is 0.304. The minimum atomic E-state index is -0.477. The van der Waals surface area contributed by atoms with Crippen LogP contribution >= 0.6 is 12.4 Å². The van der Waals surface area contributed by atoms with Crippen LogP contribution in [0.25, 0.3) is 0 Å². The molecular weight excluding hydrogens is 354 g/mol. The SMILES string of the molecule is Cl.O=[N+]([O-])c1cccc(N=C(c2ccccc2)N(O)c2ccccc2)c1. The van der Waals surface area contributed by atoms with Gasteiger partial charge in [0, 0.05) is 17.7 Å². The van der Waals surface area contributed by atoms with Gasteiger partial charge in [0.25, 0.3) is 5.69 Å². The van der Waals surface area contributed by atoms with Crippen LogP contribution in [0.3, 0.4) is 0 Å². The molecule has 3 rings (SSSR count). The van der Waals surface area contributed by atoms with Crippen molar-refractivity contribution in [2.45, 2.75) is 0 Å². The largest absolute Gasteiger partial charge is 0.282 e. The van der Waals surface area contributed by atoms with E-state index in [0.717, 1.165) is 5.06 Å². The fraction of sp³-hybridized carbons (Fsp3) is 0. The van der Waals surface area contributed by atoms with Crippen LogP contribution in [0.5, 0.6) is 0 Å². The highest BCUT2D eigenvalue weighted by Crippen LogP contribution is 2.23. The summed E-state index contributed by atoms with van der Waals surface area (Å²) in [5, 5.41) is 22.6. The Morgan fingerprint density at radius 1 is 0.923 bits per heavy atom. The molecule has 0 amide bonds. The van der Waals surface area contributed by atoms with Crippen molar-refractivity contribution in [2.24, 2.45) is 4.99 Å². The molecule has 0 aliphatic rings. The van der Waals surface area contributed by atoms with Crippen molar-refractivity contribution in [1.29, 1.82) is 0 Å². The summed E-state index contributed by atoms with van der Waals surface area (Å²) in [5.74, 6) is 0.271. The molecule has 3 aromatic rings. The molecule has 0 saturated carbocycles. The van der Waals surface area contributed by atoms with E-state index < -0.39 is 4.92 Å². The zero-order valence-electron chi connectivity index (χ0n) is 13.6. The molecule has 1 N–H and O–H groups in total. The summed E-state index contributed by atoms with van der Waals surface area (Å²) in [5.41, 5.74) is 1.54. The molecular formula is C19H16ClN3O3. The fourth-order valence-corrected chi connectivity index (χ4v) is 2.31. The molecule has 0 fully saturated rings. The molecule has 0 spiro atoms. The smallest absolute Gasteiger partial charge is 0.271 e. The van der Waals surface area contributed by atoms with E-state index in [9.17, 15) is 15.3 Å². The van der Waals surface area contributed by atoms with Gasteiger partial charge in [-0.25, -0.2) is 10.1 Å². The predicted molar refractivity (Wildman–Crippen MR) is 104 cm³/mol. The van der Waals surface area contributed by atoms with Crippen LogP contribution < -0.4 is 5.06 Å². The molecule has 132 valence electrons. The number of hydrogen-bond donors (Lipinski definition) is 1. The number of non-ortho nitro benzene ring substituents is 1. The standard InChI is InChI=1S/C19H15N3O3.ClH/c23-21(17-11-5-2-6-12-17)19(15-8-3-1-4-9-15)20-16-10-7-13-18(14-16)22(24)25;/h1-14,23H;1H. The lowest BCUT2D eigenvalue weighted by Crippen LogP contribution is -2.27. The number of amidine groups is 1. The Morgan fingerprint density at radius 3 is 2.15 bits per heavy atom. The topological polar surface area (TPSA) is 79.0 Å². The van der Waals surface area contributed by atoms with E-state index in [4.69, 9.17) is 0 Å². The highest BCUT2D eigenvalue weighted by atomic mass is 35.5. The average Bonchev–Trinajstić information content (AvgIpc) is 2.67. The van der Waals surface area contributed by atoms with Gasteiger partial charge >= 0.3 is 0 Å². The number of para-hydroxylation sites is 1. The van der Waals surface area contributed by atoms with E-state index in [2.05, 4.69) is 4.99 Å². The number of halogens is 1. The first-order valence-electron chi connectivity index (χ1n) is 7.58. The van der Waals surface area contributed by atoms with Gasteiger partial charge in [-0.15, -0.1) is 12.4 Å². The van der Waals surface area contributed by atoms with Crippen LogP contribution in [0.1, 0.15) is 5.56 Å². The minimum absolute atomic E-state index is 0. The Morgan fingerprint density at radius 2 is 1.54 bits per heavy atom. The number of benzene rings is 3. The van der Waals surface area contributed by atoms with Crippen LogP contribution in [-0.2, 0) is 0 Å². The predicted octanol–water partition coefficient (Wildman–Crippen LogP) is 4.99. The lowest BCUT2D eigenvalue weighted by molar-refractivity contribution is -0.384. The van der Waals surface area contributed by atoms with Crippen LogP contribution in [-0.4, -0.2) is 16.0 Å². The molecule has 0 aromatic heterocycles. The molecule has 0 heterocycles. The van der Waals surface area contributed by atoms with Crippen molar-refractivity contribution in [3.05, 3.63) is 101 Å². The Labute approximate surface area is 156 Å². The van der Waals surface area contributed by atoms with E-state index in [-0.39, 0.29) is 23.9 Å². The van der Waals surface area contributed by atoms with Crippen molar-refractivity contribution >= 4 is 35.3 Å². The summed E-state index contributed by atoms with van der Waals surface area (Å²) in [6.45, 7) is 0. The summed E-state index contributed by atoms with van der Waals surface area (Å²) in [4.78, 5) is 14.9. The third-order valence-corrected chi connectivity index (χ3v) is 3.51. The third-order valence-electron chi connectivity index (χ3n) is 3.51. The molecule has 0 atom stereocenters. The molecule has 0 aliphatic heterocycles. The summed E-state index contributed by atoms with van der Waals surface area (Å²) in [6.07, 6.45) is 0. The number of nitro groups is 1. The highest BCUT2D eigenvalue weighted by Gasteiger charge is 2.14. The molecule has 0 aliphatic carbocycles. The van der Waals surface area contributed by atoms with Crippen molar-refractivity contribution in [1.82, 2.24) is 0 Å². The molecule has 6 nitrogen and oxygen atoms in total. The highest BCUT2D eigenvalue weighted by molar-refractivity contribution is 6.09. The maximum atomic E-state index is 11.0. The van der Waals surface area contributed by atoms with E-state index in [1.54, 1.807) is 36.4 Å². The van der Waals surface area contributed by atoms with Crippen LogP contribution in [0.15, 0.2) is 89.9 Å². The van der Waals surface area contributed by atoms with Crippen LogP contribution in [0, 0.1) is 10.1 Å². The maximum Gasteiger partial charge on any atom is 0.271 e. The van der Waals surface area contributed by atoms with E-state index in [1.807, 2.05) is 36.4 Å². The van der Waals surface area contributed by atoms with Crippen molar-refractivity contribution < 1.29 is 10.1 Å². The fourth-order valence-electron chi connectivity index (χ4n) is 2.31. The summed E-state index contributed by atoms with van der Waals surface area (Å²) >= 11 is 0. The normalized spacial score (nSPS) is 10.7. The first kappa shape index (κ1) is 19.1. The molecule has 0 unspecified atom stereocenters. The number of rotatable bonds is 4. The monoisotopic (exact) mass is 369 g/mol. The zero-order valence-corrected chi connectivity index (χ0v) is 14.4. The average molecular weight is 370 g/mol. The molecule has 0 radical (unpaired) electrons. The second-order valence-corrected chi connectivity index (χ2v) is 5.23. The van der Waals surface area contributed by atoms with Gasteiger partial charge in [0.05, 0.1) is 16.3 Å². The number of hydroxylamine groups is 1. The second kappa shape index (κ2) is 8.75. The molecule has 7 heteroatoms. The van der Waals surface area contributed by atoms with Gasteiger partial charge in [-0.3, -0.25) is 15.3 Å².